The first kappa shape index (κ1) is 28.8. The second-order valence-corrected chi connectivity index (χ2v) is 9.47. The average Bonchev–Trinajstić information content (AvgIpc) is 2.81. The van der Waals surface area contributed by atoms with Crippen molar-refractivity contribution in [2.45, 2.75) is 109 Å². The Hall–Kier alpha value is -1.28. The van der Waals surface area contributed by atoms with Gasteiger partial charge >= 0.3 is 11.9 Å². The zero-order chi connectivity index (χ0) is 23.9. The van der Waals surface area contributed by atoms with Gasteiger partial charge in [-0.1, -0.05) is 58.8 Å². The molecule has 2 aliphatic carbocycles. The van der Waals surface area contributed by atoms with Crippen molar-refractivity contribution in [1.82, 2.24) is 10.2 Å². The lowest BCUT2D eigenvalue weighted by Crippen LogP contribution is -2.50. The lowest BCUT2D eigenvalue weighted by Gasteiger charge is -2.30. The highest BCUT2D eigenvalue weighted by atomic mass is 32.1. The number of carbonyl (C=O) groups is 3. The van der Waals surface area contributed by atoms with E-state index >= 15 is 0 Å². The molecule has 2 fully saturated rings. The van der Waals surface area contributed by atoms with Crippen molar-refractivity contribution in [3.05, 3.63) is 0 Å². The fourth-order valence-electron chi connectivity index (χ4n) is 4.53. The maximum absolute atomic E-state index is 12.2. The van der Waals surface area contributed by atoms with Gasteiger partial charge < -0.3 is 20.1 Å². The number of carboxylic acid groups (broad SMARTS) is 1. The minimum absolute atomic E-state index is 0.287. The highest BCUT2D eigenvalue weighted by Gasteiger charge is 2.33. The molecule has 186 valence electrons. The molecule has 2 rings (SSSR count). The first-order valence-corrected chi connectivity index (χ1v) is 12.9. The maximum Gasteiger partial charge on any atom is 0.328 e. The van der Waals surface area contributed by atoms with Crippen LogP contribution in [0.2, 0.25) is 0 Å². The van der Waals surface area contributed by atoms with E-state index in [0.29, 0.717) is 12.8 Å². The van der Waals surface area contributed by atoms with Gasteiger partial charge in [0.25, 0.3) is 0 Å². The summed E-state index contributed by atoms with van der Waals surface area (Å²) < 4.78 is 4.65. The van der Waals surface area contributed by atoms with Crippen molar-refractivity contribution < 1.29 is 24.2 Å². The van der Waals surface area contributed by atoms with Gasteiger partial charge in [-0.3, -0.25) is 9.59 Å². The molecular weight excluding hydrogens is 428 g/mol. The number of hydrogen-bond donors (Lipinski definition) is 3. The molecule has 0 heterocycles. The third-order valence-corrected chi connectivity index (χ3v) is 6.93. The van der Waals surface area contributed by atoms with Crippen molar-refractivity contribution in [1.29, 1.82) is 0 Å². The molecule has 0 radical (unpaired) electrons. The van der Waals surface area contributed by atoms with Crippen molar-refractivity contribution in [3.63, 3.8) is 0 Å². The van der Waals surface area contributed by atoms with Crippen LogP contribution in [-0.2, 0) is 19.1 Å². The molecule has 0 aromatic rings. The molecule has 7 nitrogen and oxygen atoms in total. The van der Waals surface area contributed by atoms with Crippen molar-refractivity contribution in [2.24, 2.45) is 5.92 Å². The zero-order valence-corrected chi connectivity index (χ0v) is 21.1. The number of nitrogens with zero attached hydrogens (tertiary/aromatic N) is 1. The number of methoxy groups -OCH3 is 1. The van der Waals surface area contributed by atoms with Crippen molar-refractivity contribution in [3.8, 4) is 0 Å². The van der Waals surface area contributed by atoms with Crippen LogP contribution >= 0.6 is 12.6 Å². The molecule has 2 saturated carbocycles. The smallest absolute Gasteiger partial charge is 0.328 e. The van der Waals surface area contributed by atoms with E-state index in [4.69, 9.17) is 5.11 Å². The van der Waals surface area contributed by atoms with Crippen LogP contribution < -0.4 is 5.32 Å². The Kier molecular flexibility index (Phi) is 14.7. The maximum atomic E-state index is 12.2. The molecular formula is C24H44N2O5S. The number of amides is 1. The molecule has 0 aromatic heterocycles. The largest absolute Gasteiger partial charge is 0.480 e. The summed E-state index contributed by atoms with van der Waals surface area (Å²) in [6.07, 6.45) is 15.6. The van der Waals surface area contributed by atoms with Gasteiger partial charge in [0, 0.05) is 23.8 Å². The minimum atomic E-state index is -1.16. The summed E-state index contributed by atoms with van der Waals surface area (Å²) in [5, 5.41) is 12.8. The number of thiol groups is 1. The SMILES string of the molecule is C1CCC(NC2CCCCC2)CC1.CCC[C@H](C(=O)OC)N(CC(=O)O)C(=O)C(C)CS. The third kappa shape index (κ3) is 10.6. The van der Waals surface area contributed by atoms with Crippen LogP contribution in [0.5, 0.6) is 0 Å². The highest BCUT2D eigenvalue weighted by molar-refractivity contribution is 7.80. The van der Waals surface area contributed by atoms with E-state index < -0.39 is 36.4 Å². The number of aliphatic carboxylic acids is 1. The van der Waals surface area contributed by atoms with E-state index in [1.54, 1.807) is 6.92 Å². The van der Waals surface area contributed by atoms with Gasteiger partial charge in [-0.05, 0) is 32.1 Å². The molecule has 0 spiro atoms. The molecule has 32 heavy (non-hydrogen) atoms. The predicted molar refractivity (Wildman–Crippen MR) is 130 cm³/mol. The fraction of sp³-hybridized carbons (Fsp3) is 0.875. The zero-order valence-electron chi connectivity index (χ0n) is 20.2. The average molecular weight is 473 g/mol. The topological polar surface area (TPSA) is 95.9 Å². The van der Waals surface area contributed by atoms with Gasteiger partial charge in [-0.2, -0.15) is 12.6 Å². The molecule has 1 amide bonds. The second-order valence-electron chi connectivity index (χ2n) is 9.11. The third-order valence-electron chi connectivity index (χ3n) is 6.38. The number of rotatable bonds is 10. The minimum Gasteiger partial charge on any atom is -0.480 e. The summed E-state index contributed by atoms with van der Waals surface area (Å²) in [5.74, 6) is -2.32. The molecule has 0 bridgehead atoms. The first-order valence-electron chi connectivity index (χ1n) is 12.3. The summed E-state index contributed by atoms with van der Waals surface area (Å²) >= 11 is 4.02. The van der Waals surface area contributed by atoms with E-state index in [-0.39, 0.29) is 5.75 Å². The normalized spacial score (nSPS) is 19.2. The van der Waals surface area contributed by atoms with E-state index in [0.717, 1.165) is 17.0 Å². The number of carbonyl (C=O) groups excluding carboxylic acids is 2. The summed E-state index contributed by atoms with van der Waals surface area (Å²) in [7, 11) is 1.22. The van der Waals surface area contributed by atoms with Crippen molar-refractivity contribution in [2.75, 3.05) is 19.4 Å². The Balaban J connectivity index is 0.000000339. The molecule has 1 unspecified atom stereocenters. The molecule has 0 aliphatic heterocycles. The number of ether oxygens (including phenoxy) is 1. The Morgan fingerprint density at radius 1 is 1.03 bits per heavy atom. The Bertz CT molecular complexity index is 547. The van der Waals surface area contributed by atoms with Crippen LogP contribution in [0.3, 0.4) is 0 Å². The van der Waals surface area contributed by atoms with Gasteiger partial charge in [0.1, 0.15) is 12.6 Å². The van der Waals surface area contributed by atoms with Gasteiger partial charge in [0.15, 0.2) is 0 Å². The standard InChI is InChI=1S/C12H21NO5S.C12H23N/c1-4-5-9(12(17)18-3)13(6-10(14)15)11(16)8(2)7-19;1-3-7-11(8-4-1)13-12-9-5-2-6-10-12/h8-9,19H,4-7H2,1-3H3,(H,14,15);11-13H,1-10H2/t8?,9-;/m1./s1. The van der Waals surface area contributed by atoms with Gasteiger partial charge in [-0.25, -0.2) is 4.79 Å². The van der Waals surface area contributed by atoms with E-state index in [1.165, 1.54) is 71.3 Å². The summed E-state index contributed by atoms with van der Waals surface area (Å²) in [6.45, 7) is 2.97. The predicted octanol–water partition coefficient (Wildman–Crippen LogP) is 4.05. The van der Waals surface area contributed by atoms with E-state index in [1.807, 2.05) is 6.92 Å². The van der Waals surface area contributed by atoms with Crippen LogP contribution in [0.4, 0.5) is 0 Å². The Morgan fingerprint density at radius 2 is 1.53 bits per heavy atom. The van der Waals surface area contributed by atoms with E-state index in [2.05, 4.69) is 22.7 Å². The molecule has 0 saturated heterocycles. The summed E-state index contributed by atoms with van der Waals surface area (Å²) in [4.78, 5) is 35.8. The Labute approximate surface area is 199 Å². The summed E-state index contributed by atoms with van der Waals surface area (Å²) in [6, 6.07) is 0.884. The monoisotopic (exact) mass is 472 g/mol. The van der Waals surface area contributed by atoms with Crippen LogP contribution in [0, 0.1) is 5.92 Å². The second kappa shape index (κ2) is 16.4. The van der Waals surface area contributed by atoms with Gasteiger partial charge in [0.05, 0.1) is 7.11 Å². The lowest BCUT2D eigenvalue weighted by molar-refractivity contribution is -0.157. The molecule has 0 aromatic carbocycles. The van der Waals surface area contributed by atoms with E-state index in [9.17, 15) is 14.4 Å². The highest BCUT2D eigenvalue weighted by Crippen LogP contribution is 2.22. The van der Waals surface area contributed by atoms with Crippen LogP contribution in [-0.4, -0.2) is 65.4 Å². The summed E-state index contributed by atoms with van der Waals surface area (Å²) in [5.41, 5.74) is 0. The molecule has 8 heteroatoms. The molecule has 2 aliphatic rings. The number of hydrogen-bond acceptors (Lipinski definition) is 6. The first-order chi connectivity index (χ1) is 15.3. The fourth-order valence-corrected chi connectivity index (χ4v) is 4.69. The number of nitrogens with one attached hydrogen (secondary N) is 1. The van der Waals surface area contributed by atoms with Crippen LogP contribution in [0.15, 0.2) is 0 Å². The molecule has 2 N–H and O–H groups in total. The quantitative estimate of drug-likeness (QED) is 0.328. The van der Waals surface area contributed by atoms with Gasteiger partial charge in [0.2, 0.25) is 5.91 Å². The van der Waals surface area contributed by atoms with Crippen LogP contribution in [0.25, 0.3) is 0 Å². The van der Waals surface area contributed by atoms with Gasteiger partial charge in [-0.15, -0.1) is 0 Å². The number of carboxylic acids is 1. The lowest BCUT2D eigenvalue weighted by atomic mass is 9.91. The molecule has 2 atom stereocenters. The Morgan fingerprint density at radius 3 is 1.91 bits per heavy atom. The van der Waals surface area contributed by atoms with Crippen molar-refractivity contribution >= 4 is 30.5 Å². The van der Waals surface area contributed by atoms with Crippen LogP contribution in [0.1, 0.15) is 90.9 Å². The number of esters is 1.